The van der Waals surface area contributed by atoms with E-state index in [1.165, 1.54) is 31.0 Å². The highest BCUT2D eigenvalue weighted by Crippen LogP contribution is 2.25. The third-order valence-electron chi connectivity index (χ3n) is 5.90. The molecule has 2 aromatic rings. The van der Waals surface area contributed by atoms with E-state index in [1.807, 2.05) is 4.90 Å². The number of nitrogens with zero attached hydrogens (tertiary/aromatic N) is 2. The summed E-state index contributed by atoms with van der Waals surface area (Å²) >= 11 is 0. The molecule has 4 rings (SSSR count). The van der Waals surface area contributed by atoms with E-state index in [0.29, 0.717) is 16.5 Å². The number of likely N-dealkylation sites (tertiary alicyclic amines) is 2. The SMILES string of the molecule is O=C(c1cc(=O)[nH]c2cc(F)ccc12)N1CCCCC1CCN1CCCC1. The zero-order chi connectivity index (χ0) is 18.8. The van der Waals surface area contributed by atoms with Crippen LogP contribution in [0.3, 0.4) is 0 Å². The fourth-order valence-corrected chi connectivity index (χ4v) is 4.47. The molecule has 6 heteroatoms. The Morgan fingerprint density at radius 2 is 1.89 bits per heavy atom. The molecule has 0 aliphatic carbocycles. The number of halogens is 1. The lowest BCUT2D eigenvalue weighted by atomic mass is 9.97. The van der Waals surface area contributed by atoms with Crippen molar-refractivity contribution in [1.29, 1.82) is 0 Å². The summed E-state index contributed by atoms with van der Waals surface area (Å²) in [6.45, 7) is 4.06. The van der Waals surface area contributed by atoms with Gasteiger partial charge in [0, 0.05) is 30.6 Å². The molecule has 1 aromatic carbocycles. The molecule has 27 heavy (non-hydrogen) atoms. The summed E-state index contributed by atoms with van der Waals surface area (Å²) in [4.78, 5) is 32.4. The second kappa shape index (κ2) is 7.80. The molecular weight excluding hydrogens is 345 g/mol. The van der Waals surface area contributed by atoms with Gasteiger partial charge in [-0.3, -0.25) is 9.59 Å². The summed E-state index contributed by atoms with van der Waals surface area (Å²) in [5.41, 5.74) is 0.375. The van der Waals surface area contributed by atoms with Gasteiger partial charge < -0.3 is 14.8 Å². The Morgan fingerprint density at radius 1 is 1.11 bits per heavy atom. The van der Waals surface area contributed by atoms with Gasteiger partial charge in [-0.1, -0.05) is 0 Å². The number of piperidine rings is 1. The summed E-state index contributed by atoms with van der Waals surface area (Å²) in [5, 5.41) is 0.602. The van der Waals surface area contributed by atoms with Crippen molar-refractivity contribution in [2.75, 3.05) is 26.2 Å². The zero-order valence-electron chi connectivity index (χ0n) is 15.5. The Hall–Kier alpha value is -2.21. The average Bonchev–Trinajstić information content (AvgIpc) is 3.18. The van der Waals surface area contributed by atoms with E-state index in [1.54, 1.807) is 6.07 Å². The molecule has 2 aliphatic rings. The minimum absolute atomic E-state index is 0.108. The molecule has 1 amide bonds. The molecule has 0 bridgehead atoms. The Kier molecular flexibility index (Phi) is 5.25. The lowest BCUT2D eigenvalue weighted by molar-refractivity contribution is 0.0589. The molecule has 5 nitrogen and oxygen atoms in total. The first-order valence-electron chi connectivity index (χ1n) is 9.98. The number of hydrogen-bond donors (Lipinski definition) is 1. The average molecular weight is 371 g/mol. The summed E-state index contributed by atoms with van der Waals surface area (Å²) in [6.07, 6.45) is 6.64. The van der Waals surface area contributed by atoms with Crippen LogP contribution in [0, 0.1) is 5.82 Å². The van der Waals surface area contributed by atoms with Gasteiger partial charge in [0.25, 0.3) is 5.91 Å². The number of aromatic nitrogens is 1. The van der Waals surface area contributed by atoms with E-state index in [2.05, 4.69) is 9.88 Å². The van der Waals surface area contributed by atoms with Crippen molar-refractivity contribution in [2.24, 2.45) is 0 Å². The third kappa shape index (κ3) is 3.90. The van der Waals surface area contributed by atoms with Crippen LogP contribution >= 0.6 is 0 Å². The van der Waals surface area contributed by atoms with Gasteiger partial charge in [-0.05, 0) is 69.8 Å². The molecule has 144 valence electrons. The lowest BCUT2D eigenvalue weighted by Crippen LogP contribution is -2.45. The number of carbonyl (C=O) groups excluding carboxylic acids is 1. The molecule has 0 saturated carbocycles. The smallest absolute Gasteiger partial charge is 0.254 e. The van der Waals surface area contributed by atoms with Gasteiger partial charge in [0.2, 0.25) is 5.56 Å². The number of pyridine rings is 1. The summed E-state index contributed by atoms with van der Waals surface area (Å²) in [5.74, 6) is -0.534. The van der Waals surface area contributed by atoms with E-state index in [-0.39, 0.29) is 17.5 Å². The largest absolute Gasteiger partial charge is 0.336 e. The van der Waals surface area contributed by atoms with E-state index < -0.39 is 5.82 Å². The molecule has 0 radical (unpaired) electrons. The van der Waals surface area contributed by atoms with Crippen LogP contribution in [0.4, 0.5) is 4.39 Å². The number of rotatable bonds is 4. The number of benzene rings is 1. The first-order chi connectivity index (χ1) is 13.1. The Bertz CT molecular complexity index is 889. The maximum Gasteiger partial charge on any atom is 0.254 e. The van der Waals surface area contributed by atoms with Crippen molar-refractivity contribution < 1.29 is 9.18 Å². The normalized spacial score (nSPS) is 21.1. The van der Waals surface area contributed by atoms with Crippen LogP contribution in [0.5, 0.6) is 0 Å². The van der Waals surface area contributed by atoms with Crippen molar-refractivity contribution >= 4 is 16.8 Å². The predicted molar refractivity (Wildman–Crippen MR) is 103 cm³/mol. The van der Waals surface area contributed by atoms with Crippen LogP contribution in [0.15, 0.2) is 29.1 Å². The Morgan fingerprint density at radius 3 is 2.70 bits per heavy atom. The number of fused-ring (bicyclic) bond motifs is 1. The number of H-pyrrole nitrogens is 1. The highest BCUT2D eigenvalue weighted by atomic mass is 19.1. The minimum atomic E-state index is -0.427. The van der Waals surface area contributed by atoms with Gasteiger partial charge in [0.1, 0.15) is 5.82 Å². The molecule has 1 aromatic heterocycles. The summed E-state index contributed by atoms with van der Waals surface area (Å²) < 4.78 is 13.5. The van der Waals surface area contributed by atoms with Crippen molar-refractivity contribution in [3.8, 4) is 0 Å². The predicted octanol–water partition coefficient (Wildman–Crippen LogP) is 3.15. The van der Waals surface area contributed by atoms with Gasteiger partial charge >= 0.3 is 0 Å². The Balaban J connectivity index is 1.59. The number of aromatic amines is 1. The molecule has 3 heterocycles. The number of carbonyl (C=O) groups is 1. The quantitative estimate of drug-likeness (QED) is 0.898. The molecule has 0 spiro atoms. The first-order valence-corrected chi connectivity index (χ1v) is 9.98. The van der Waals surface area contributed by atoms with Crippen LogP contribution in [-0.4, -0.2) is 52.9 Å². The molecule has 2 aliphatic heterocycles. The fourth-order valence-electron chi connectivity index (χ4n) is 4.47. The monoisotopic (exact) mass is 371 g/mol. The van der Waals surface area contributed by atoms with Crippen molar-refractivity contribution in [3.05, 3.63) is 46.0 Å². The van der Waals surface area contributed by atoms with Gasteiger partial charge in [-0.15, -0.1) is 0 Å². The fraction of sp³-hybridized carbons (Fsp3) is 0.524. The molecule has 2 fully saturated rings. The van der Waals surface area contributed by atoms with E-state index in [9.17, 15) is 14.0 Å². The molecular formula is C21H26FN3O2. The summed E-state index contributed by atoms with van der Waals surface area (Å²) in [6, 6.07) is 5.75. The standard InChI is InChI=1S/C21H26FN3O2/c22-15-6-7-17-18(14-20(26)23-19(17)13-15)21(27)25-11-2-1-5-16(25)8-12-24-9-3-4-10-24/h6-7,13-14,16H,1-5,8-12H2,(H,23,26). The maximum absolute atomic E-state index is 13.5. The zero-order valence-corrected chi connectivity index (χ0v) is 15.5. The summed E-state index contributed by atoms with van der Waals surface area (Å²) in [7, 11) is 0. The van der Waals surface area contributed by atoms with Crippen LogP contribution in [0.2, 0.25) is 0 Å². The lowest BCUT2D eigenvalue weighted by Gasteiger charge is -2.37. The van der Waals surface area contributed by atoms with Crippen LogP contribution in [0.1, 0.15) is 48.9 Å². The number of hydrogen-bond acceptors (Lipinski definition) is 3. The number of amides is 1. The molecule has 1 atom stereocenters. The second-order valence-electron chi connectivity index (χ2n) is 7.72. The highest BCUT2D eigenvalue weighted by Gasteiger charge is 2.29. The van der Waals surface area contributed by atoms with Crippen molar-refractivity contribution in [1.82, 2.24) is 14.8 Å². The van der Waals surface area contributed by atoms with Gasteiger partial charge in [-0.25, -0.2) is 4.39 Å². The number of nitrogens with one attached hydrogen (secondary N) is 1. The van der Waals surface area contributed by atoms with Gasteiger partial charge in [0.15, 0.2) is 0 Å². The van der Waals surface area contributed by atoms with Crippen LogP contribution < -0.4 is 5.56 Å². The highest BCUT2D eigenvalue weighted by molar-refractivity contribution is 6.06. The van der Waals surface area contributed by atoms with Gasteiger partial charge in [0.05, 0.1) is 11.1 Å². The second-order valence-corrected chi connectivity index (χ2v) is 7.72. The van der Waals surface area contributed by atoms with Crippen molar-refractivity contribution in [3.63, 3.8) is 0 Å². The Labute approximate surface area is 158 Å². The maximum atomic E-state index is 13.5. The first kappa shape index (κ1) is 18.2. The minimum Gasteiger partial charge on any atom is -0.336 e. The van der Waals surface area contributed by atoms with E-state index in [0.717, 1.165) is 51.9 Å². The van der Waals surface area contributed by atoms with Crippen molar-refractivity contribution in [2.45, 2.75) is 44.6 Å². The molecule has 1 unspecified atom stereocenters. The molecule has 1 N–H and O–H groups in total. The third-order valence-corrected chi connectivity index (χ3v) is 5.90. The van der Waals surface area contributed by atoms with Crippen LogP contribution in [-0.2, 0) is 0 Å². The van der Waals surface area contributed by atoms with Crippen LogP contribution in [0.25, 0.3) is 10.9 Å². The topological polar surface area (TPSA) is 56.4 Å². The molecule has 2 saturated heterocycles. The van der Waals surface area contributed by atoms with E-state index >= 15 is 0 Å². The van der Waals surface area contributed by atoms with Gasteiger partial charge in [-0.2, -0.15) is 0 Å². The van der Waals surface area contributed by atoms with E-state index in [4.69, 9.17) is 0 Å².